The first-order valence-electron chi connectivity index (χ1n) is 10.4. The van der Waals surface area contributed by atoms with Crippen LogP contribution in [0, 0.1) is 11.6 Å². The molecule has 1 spiro atoms. The standard InChI is InChI=1S/C21H29F2N3O3/c1-24-8-5-17(6-9-24)25-7-2-11-28-21(14-25)15-26(10-12-29-21)20(27)16-3-4-18(22)19(23)13-16/h3-4,13,17H,2,5-12,14-15H2,1H3. The minimum absolute atomic E-state index is 0.141. The largest absolute Gasteiger partial charge is 0.347 e. The van der Waals surface area contributed by atoms with Crippen molar-refractivity contribution in [3.8, 4) is 0 Å². The minimum Gasteiger partial charge on any atom is -0.347 e. The van der Waals surface area contributed by atoms with Gasteiger partial charge in [-0.1, -0.05) is 0 Å². The molecule has 1 aromatic rings. The highest BCUT2D eigenvalue weighted by Crippen LogP contribution is 2.28. The summed E-state index contributed by atoms with van der Waals surface area (Å²) in [5.41, 5.74) is 0.141. The van der Waals surface area contributed by atoms with E-state index >= 15 is 0 Å². The number of benzene rings is 1. The molecule has 0 saturated carbocycles. The second-order valence-corrected chi connectivity index (χ2v) is 8.32. The molecule has 0 N–H and O–H groups in total. The monoisotopic (exact) mass is 409 g/mol. The van der Waals surface area contributed by atoms with Gasteiger partial charge in [0.1, 0.15) is 0 Å². The number of nitrogens with zero attached hydrogens (tertiary/aromatic N) is 3. The molecule has 3 saturated heterocycles. The topological polar surface area (TPSA) is 45.2 Å². The van der Waals surface area contributed by atoms with Crippen LogP contribution in [0.15, 0.2) is 18.2 Å². The van der Waals surface area contributed by atoms with Gasteiger partial charge in [0.2, 0.25) is 0 Å². The summed E-state index contributed by atoms with van der Waals surface area (Å²) >= 11 is 0. The summed E-state index contributed by atoms with van der Waals surface area (Å²) in [6.45, 7) is 5.35. The van der Waals surface area contributed by atoms with E-state index in [-0.39, 0.29) is 18.0 Å². The first-order chi connectivity index (χ1) is 14.0. The highest BCUT2D eigenvalue weighted by atomic mass is 19.2. The Bertz CT molecular complexity index is 742. The molecule has 4 rings (SSSR count). The van der Waals surface area contributed by atoms with Crippen molar-refractivity contribution < 1.29 is 23.0 Å². The van der Waals surface area contributed by atoms with Crippen molar-refractivity contribution in [2.24, 2.45) is 0 Å². The Morgan fingerprint density at radius 1 is 1.03 bits per heavy atom. The Balaban J connectivity index is 1.47. The molecule has 1 aromatic carbocycles. The number of carbonyl (C=O) groups is 1. The van der Waals surface area contributed by atoms with Crippen molar-refractivity contribution in [1.29, 1.82) is 0 Å². The van der Waals surface area contributed by atoms with E-state index in [1.807, 2.05) is 0 Å². The Kier molecular flexibility index (Phi) is 6.15. The lowest BCUT2D eigenvalue weighted by Gasteiger charge is -2.45. The second kappa shape index (κ2) is 8.63. The molecule has 160 valence electrons. The average molecular weight is 409 g/mol. The number of hydrogen-bond donors (Lipinski definition) is 0. The molecule has 6 nitrogen and oxygen atoms in total. The maximum atomic E-state index is 13.6. The SMILES string of the molecule is CN1CCC(N2CCCOC3(CN(C(=O)c4ccc(F)c(F)c4)CCO3)C2)CC1. The number of hydrogen-bond acceptors (Lipinski definition) is 5. The van der Waals surface area contributed by atoms with Crippen molar-refractivity contribution in [3.05, 3.63) is 35.4 Å². The van der Waals surface area contributed by atoms with Crippen molar-refractivity contribution in [1.82, 2.24) is 14.7 Å². The van der Waals surface area contributed by atoms with Crippen molar-refractivity contribution in [2.75, 3.05) is 59.5 Å². The normalized spacial score (nSPS) is 27.9. The lowest BCUT2D eigenvalue weighted by atomic mass is 10.0. The number of piperidine rings is 1. The van der Waals surface area contributed by atoms with E-state index in [4.69, 9.17) is 9.47 Å². The van der Waals surface area contributed by atoms with E-state index in [1.165, 1.54) is 6.07 Å². The fourth-order valence-corrected chi connectivity index (χ4v) is 4.56. The molecular formula is C21H29F2N3O3. The summed E-state index contributed by atoms with van der Waals surface area (Å²) in [6.07, 6.45) is 3.16. The van der Waals surface area contributed by atoms with Gasteiger partial charge in [-0.15, -0.1) is 0 Å². The number of amides is 1. The zero-order valence-electron chi connectivity index (χ0n) is 16.9. The van der Waals surface area contributed by atoms with Crippen molar-refractivity contribution in [3.63, 3.8) is 0 Å². The summed E-state index contributed by atoms with van der Waals surface area (Å²) in [4.78, 5) is 19.3. The molecule has 3 fully saturated rings. The third-order valence-corrected chi connectivity index (χ3v) is 6.22. The number of morpholine rings is 1. The van der Waals surface area contributed by atoms with Gasteiger partial charge >= 0.3 is 0 Å². The van der Waals surface area contributed by atoms with Gasteiger partial charge < -0.3 is 19.3 Å². The second-order valence-electron chi connectivity index (χ2n) is 8.32. The van der Waals surface area contributed by atoms with Gasteiger partial charge in [0.25, 0.3) is 5.91 Å². The van der Waals surface area contributed by atoms with Crippen LogP contribution in [0.4, 0.5) is 8.78 Å². The van der Waals surface area contributed by atoms with Gasteiger partial charge in [-0.3, -0.25) is 9.69 Å². The smallest absolute Gasteiger partial charge is 0.254 e. The first-order valence-corrected chi connectivity index (χ1v) is 10.4. The van der Waals surface area contributed by atoms with Crippen LogP contribution in [0.2, 0.25) is 0 Å². The molecule has 1 amide bonds. The zero-order chi connectivity index (χ0) is 20.4. The molecule has 0 bridgehead atoms. The predicted octanol–water partition coefficient (Wildman–Crippen LogP) is 1.95. The van der Waals surface area contributed by atoms with Gasteiger partial charge in [0, 0.05) is 24.7 Å². The molecule has 3 aliphatic heterocycles. The summed E-state index contributed by atoms with van der Waals surface area (Å²) in [5, 5.41) is 0. The molecule has 3 aliphatic rings. The Hall–Kier alpha value is -1.61. The molecule has 8 heteroatoms. The van der Waals surface area contributed by atoms with Crippen LogP contribution in [-0.2, 0) is 9.47 Å². The lowest BCUT2D eigenvalue weighted by molar-refractivity contribution is -0.262. The predicted molar refractivity (Wildman–Crippen MR) is 104 cm³/mol. The van der Waals surface area contributed by atoms with Crippen LogP contribution in [0.5, 0.6) is 0 Å². The Morgan fingerprint density at radius 3 is 2.55 bits per heavy atom. The van der Waals surface area contributed by atoms with Gasteiger partial charge in [-0.05, 0) is 57.6 Å². The average Bonchev–Trinajstić information content (AvgIpc) is 2.92. The van der Waals surface area contributed by atoms with Crippen molar-refractivity contribution >= 4 is 5.91 Å². The Labute approximate surface area is 170 Å². The van der Waals surface area contributed by atoms with Crippen LogP contribution in [0.1, 0.15) is 29.6 Å². The number of carbonyl (C=O) groups excluding carboxylic acids is 1. The van der Waals surface area contributed by atoms with E-state index in [2.05, 4.69) is 16.8 Å². The molecule has 0 aliphatic carbocycles. The summed E-state index contributed by atoms with van der Waals surface area (Å²) in [7, 11) is 2.15. The third-order valence-electron chi connectivity index (χ3n) is 6.22. The Morgan fingerprint density at radius 2 is 1.79 bits per heavy atom. The van der Waals surface area contributed by atoms with Gasteiger partial charge in [0.05, 0.1) is 26.3 Å². The molecular weight excluding hydrogens is 380 g/mol. The van der Waals surface area contributed by atoms with E-state index in [1.54, 1.807) is 4.90 Å². The molecule has 0 aromatic heterocycles. The summed E-state index contributed by atoms with van der Waals surface area (Å²) in [6, 6.07) is 3.76. The van der Waals surface area contributed by atoms with Gasteiger partial charge in [-0.2, -0.15) is 0 Å². The molecule has 3 heterocycles. The zero-order valence-corrected chi connectivity index (χ0v) is 16.9. The van der Waals surface area contributed by atoms with Gasteiger partial charge in [0.15, 0.2) is 17.4 Å². The van der Waals surface area contributed by atoms with Crippen LogP contribution in [0.3, 0.4) is 0 Å². The lowest BCUT2D eigenvalue weighted by Crippen LogP contribution is -2.60. The van der Waals surface area contributed by atoms with Crippen molar-refractivity contribution in [2.45, 2.75) is 31.1 Å². The molecule has 1 unspecified atom stereocenters. The van der Waals surface area contributed by atoms with Crippen LogP contribution < -0.4 is 0 Å². The number of ether oxygens (including phenoxy) is 2. The fourth-order valence-electron chi connectivity index (χ4n) is 4.56. The number of halogens is 2. The van der Waals surface area contributed by atoms with E-state index < -0.39 is 17.4 Å². The van der Waals surface area contributed by atoms with Crippen LogP contribution in [0.25, 0.3) is 0 Å². The van der Waals surface area contributed by atoms with E-state index in [0.717, 1.165) is 51.0 Å². The molecule has 29 heavy (non-hydrogen) atoms. The van der Waals surface area contributed by atoms with Crippen LogP contribution in [-0.4, -0.2) is 92.0 Å². The highest BCUT2D eigenvalue weighted by Gasteiger charge is 2.43. The molecule has 0 radical (unpaired) electrons. The third kappa shape index (κ3) is 4.60. The van der Waals surface area contributed by atoms with Crippen LogP contribution >= 0.6 is 0 Å². The van der Waals surface area contributed by atoms with E-state index in [0.29, 0.717) is 32.3 Å². The van der Waals surface area contributed by atoms with E-state index in [9.17, 15) is 13.6 Å². The number of rotatable bonds is 2. The highest BCUT2D eigenvalue weighted by molar-refractivity contribution is 5.94. The van der Waals surface area contributed by atoms with Gasteiger partial charge in [-0.25, -0.2) is 8.78 Å². The number of likely N-dealkylation sites (tertiary alicyclic amines) is 1. The maximum Gasteiger partial charge on any atom is 0.254 e. The summed E-state index contributed by atoms with van der Waals surface area (Å²) in [5.74, 6) is -3.17. The minimum atomic E-state index is -1.02. The first kappa shape index (κ1) is 20.7. The maximum absolute atomic E-state index is 13.6. The quantitative estimate of drug-likeness (QED) is 0.747. The fraction of sp³-hybridized carbons (Fsp3) is 0.667. The summed E-state index contributed by atoms with van der Waals surface area (Å²) < 4.78 is 39.0. The molecule has 1 atom stereocenters.